The average Bonchev–Trinajstić information content (AvgIpc) is 2.41. The minimum Gasteiger partial charge on any atom is -0.456 e. The molecule has 0 amide bonds. The van der Waals surface area contributed by atoms with Crippen molar-refractivity contribution in [3.63, 3.8) is 0 Å². The van der Waals surface area contributed by atoms with Gasteiger partial charge in [0.15, 0.2) is 0 Å². The van der Waals surface area contributed by atoms with Crippen LogP contribution in [0.5, 0.6) is 0 Å². The third-order valence-corrected chi connectivity index (χ3v) is 3.28. The summed E-state index contributed by atoms with van der Waals surface area (Å²) < 4.78 is 31.5. The van der Waals surface area contributed by atoms with E-state index in [2.05, 4.69) is 0 Å². The first-order valence-corrected chi connectivity index (χ1v) is 8.26. The van der Waals surface area contributed by atoms with E-state index >= 15 is 0 Å². The van der Waals surface area contributed by atoms with Gasteiger partial charge in [0.05, 0.1) is 12.4 Å². The van der Waals surface area contributed by atoms with Crippen LogP contribution in [0.4, 0.5) is 0 Å². The Balaban J connectivity index is 2.33. The van der Waals surface area contributed by atoms with Gasteiger partial charge in [0.1, 0.15) is 12.3 Å². The van der Waals surface area contributed by atoms with Crippen molar-refractivity contribution >= 4 is 21.8 Å². The smallest absolute Gasteiger partial charge is 0.352 e. The Morgan fingerprint density at radius 3 is 2.48 bits per heavy atom. The highest BCUT2D eigenvalue weighted by Crippen LogP contribution is 2.07. The molecule has 0 aromatic heterocycles. The highest BCUT2D eigenvalue weighted by atomic mass is 32.2. The van der Waals surface area contributed by atoms with E-state index in [-0.39, 0.29) is 25.2 Å². The molecule has 0 bridgehead atoms. The zero-order chi connectivity index (χ0) is 15.9. The molecule has 0 spiro atoms. The van der Waals surface area contributed by atoms with E-state index in [0.29, 0.717) is 0 Å². The molecule has 1 atom stereocenters. The molecule has 1 aromatic carbocycles. The van der Waals surface area contributed by atoms with Crippen LogP contribution in [0.3, 0.4) is 0 Å². The fourth-order valence-electron chi connectivity index (χ4n) is 1.61. The number of rotatable bonds is 8. The second-order valence-corrected chi connectivity index (χ2v) is 6.29. The molecule has 0 aliphatic rings. The van der Waals surface area contributed by atoms with Gasteiger partial charge in [0.25, 0.3) is 10.1 Å². The van der Waals surface area contributed by atoms with Crippen molar-refractivity contribution in [3.8, 4) is 0 Å². The van der Waals surface area contributed by atoms with Crippen molar-refractivity contribution in [1.82, 2.24) is 0 Å². The van der Waals surface area contributed by atoms with Crippen molar-refractivity contribution in [3.05, 3.63) is 35.9 Å². The number of carbonyl (C=O) groups excluding carboxylic acids is 1. The topological polar surface area (TPSA) is 93.5 Å². The highest BCUT2D eigenvalue weighted by molar-refractivity contribution is 7.86. The predicted molar refractivity (Wildman–Crippen MR) is 78.6 cm³/mol. The van der Waals surface area contributed by atoms with Gasteiger partial charge in [-0.05, 0) is 25.3 Å². The fourth-order valence-corrected chi connectivity index (χ4v) is 2.30. The molecule has 1 aromatic rings. The molecule has 1 N–H and O–H groups in total. The summed E-state index contributed by atoms with van der Waals surface area (Å²) in [6.07, 6.45) is 0.738. The van der Waals surface area contributed by atoms with Crippen LogP contribution in [0.2, 0.25) is 0 Å². The summed E-state index contributed by atoms with van der Waals surface area (Å²) in [6.45, 7) is 1.68. The van der Waals surface area contributed by atoms with Gasteiger partial charge in [-0.1, -0.05) is 30.3 Å². The molecule has 7 heteroatoms. The first-order valence-electron chi connectivity index (χ1n) is 6.44. The standard InChI is InChI=1S/C14H19NO5S/c1-11(20-21(2,17)18)8-9-13(15)14(16)19-10-12-6-4-3-5-7-12/h3-7,11,15H,8-10H2,1-2H3/t11-/m0/s1. The molecule has 0 saturated heterocycles. The molecule has 21 heavy (non-hydrogen) atoms. The van der Waals surface area contributed by atoms with Crippen molar-refractivity contribution in [2.45, 2.75) is 32.5 Å². The van der Waals surface area contributed by atoms with Crippen molar-refractivity contribution in [2.75, 3.05) is 6.26 Å². The summed E-state index contributed by atoms with van der Waals surface area (Å²) in [5.74, 6) is -0.703. The molecule has 0 aliphatic heterocycles. The first kappa shape index (κ1) is 17.3. The van der Waals surface area contributed by atoms with Gasteiger partial charge in [-0.15, -0.1) is 0 Å². The van der Waals surface area contributed by atoms with Crippen molar-refractivity contribution < 1.29 is 22.1 Å². The minimum atomic E-state index is -3.52. The Bertz CT molecular complexity index is 583. The molecular formula is C14H19NO5S. The van der Waals surface area contributed by atoms with E-state index in [4.69, 9.17) is 14.3 Å². The van der Waals surface area contributed by atoms with Crippen LogP contribution in [0, 0.1) is 5.41 Å². The van der Waals surface area contributed by atoms with Gasteiger partial charge in [-0.3, -0.25) is 9.59 Å². The van der Waals surface area contributed by atoms with E-state index in [9.17, 15) is 13.2 Å². The molecular weight excluding hydrogens is 294 g/mol. The van der Waals surface area contributed by atoms with Crippen LogP contribution in [-0.2, 0) is 30.4 Å². The lowest BCUT2D eigenvalue weighted by Gasteiger charge is -2.11. The Morgan fingerprint density at radius 1 is 1.29 bits per heavy atom. The summed E-state index contributed by atoms with van der Waals surface area (Å²) in [6, 6.07) is 9.16. The summed E-state index contributed by atoms with van der Waals surface area (Å²) in [5, 5.41) is 7.61. The Morgan fingerprint density at radius 2 is 1.90 bits per heavy atom. The van der Waals surface area contributed by atoms with Crippen molar-refractivity contribution in [1.29, 1.82) is 5.41 Å². The number of hydrogen-bond acceptors (Lipinski definition) is 6. The molecule has 0 fully saturated rings. The molecule has 6 nitrogen and oxygen atoms in total. The zero-order valence-corrected chi connectivity index (χ0v) is 12.9. The summed E-state index contributed by atoms with van der Waals surface area (Å²) in [7, 11) is -3.52. The van der Waals surface area contributed by atoms with Crippen LogP contribution in [-0.4, -0.2) is 32.5 Å². The van der Waals surface area contributed by atoms with Gasteiger partial charge < -0.3 is 4.74 Å². The van der Waals surface area contributed by atoms with Crippen LogP contribution >= 0.6 is 0 Å². The minimum absolute atomic E-state index is 0.101. The zero-order valence-electron chi connectivity index (χ0n) is 12.0. The quantitative estimate of drug-likeness (QED) is 0.449. The van der Waals surface area contributed by atoms with E-state index in [1.165, 1.54) is 0 Å². The largest absolute Gasteiger partial charge is 0.456 e. The second-order valence-electron chi connectivity index (χ2n) is 4.69. The lowest BCUT2D eigenvalue weighted by molar-refractivity contribution is -0.137. The number of carbonyl (C=O) groups is 1. The molecule has 0 radical (unpaired) electrons. The molecule has 0 heterocycles. The second kappa shape index (κ2) is 7.90. The molecule has 0 aliphatic carbocycles. The van der Waals surface area contributed by atoms with Crippen LogP contribution in [0.1, 0.15) is 25.3 Å². The van der Waals surface area contributed by atoms with Crippen LogP contribution < -0.4 is 0 Å². The molecule has 0 saturated carbocycles. The summed E-state index contributed by atoms with van der Waals surface area (Å²) >= 11 is 0. The van der Waals surface area contributed by atoms with E-state index in [1.54, 1.807) is 6.92 Å². The van der Waals surface area contributed by atoms with E-state index < -0.39 is 22.2 Å². The maximum absolute atomic E-state index is 11.6. The Hall–Kier alpha value is -1.73. The monoisotopic (exact) mass is 313 g/mol. The normalized spacial score (nSPS) is 12.7. The SMILES string of the molecule is C[C@@H](CCC(=N)C(=O)OCc1ccccc1)OS(C)(=O)=O. The number of ether oxygens (including phenoxy) is 1. The lowest BCUT2D eigenvalue weighted by atomic mass is 10.1. The maximum Gasteiger partial charge on any atom is 0.352 e. The maximum atomic E-state index is 11.6. The average molecular weight is 313 g/mol. The van der Waals surface area contributed by atoms with Crippen LogP contribution in [0.25, 0.3) is 0 Å². The number of esters is 1. The third kappa shape index (κ3) is 7.57. The Kier molecular flexibility index (Phi) is 6.51. The Labute approximate surface area is 124 Å². The van der Waals surface area contributed by atoms with Gasteiger partial charge in [-0.2, -0.15) is 8.42 Å². The lowest BCUT2D eigenvalue weighted by Crippen LogP contribution is -2.20. The van der Waals surface area contributed by atoms with Gasteiger partial charge >= 0.3 is 5.97 Å². The molecule has 116 valence electrons. The van der Waals surface area contributed by atoms with Gasteiger partial charge in [0, 0.05) is 0 Å². The molecule has 0 unspecified atom stereocenters. The summed E-state index contributed by atoms with van der Waals surface area (Å²) in [4.78, 5) is 11.6. The number of benzene rings is 1. The van der Waals surface area contributed by atoms with Gasteiger partial charge in [-0.25, -0.2) is 4.79 Å². The molecule has 1 rings (SSSR count). The summed E-state index contributed by atoms with van der Waals surface area (Å²) in [5.41, 5.74) is 0.641. The number of hydrogen-bond donors (Lipinski definition) is 1. The van der Waals surface area contributed by atoms with E-state index in [0.717, 1.165) is 11.8 Å². The van der Waals surface area contributed by atoms with Crippen molar-refractivity contribution in [2.24, 2.45) is 0 Å². The van der Waals surface area contributed by atoms with E-state index in [1.807, 2.05) is 30.3 Å². The van der Waals surface area contributed by atoms with Gasteiger partial charge in [0.2, 0.25) is 0 Å². The van der Waals surface area contributed by atoms with Crippen LogP contribution in [0.15, 0.2) is 30.3 Å². The fraction of sp³-hybridized carbons (Fsp3) is 0.429. The predicted octanol–water partition coefficient (Wildman–Crippen LogP) is 1.89. The number of nitrogens with one attached hydrogen (secondary N) is 1. The third-order valence-electron chi connectivity index (χ3n) is 2.60. The first-order chi connectivity index (χ1) is 9.78. The highest BCUT2D eigenvalue weighted by Gasteiger charge is 2.15.